The summed E-state index contributed by atoms with van der Waals surface area (Å²) in [5.74, 6) is 1.23. The highest BCUT2D eigenvalue weighted by molar-refractivity contribution is 7.89. The van der Waals surface area contributed by atoms with Crippen molar-refractivity contribution in [3.8, 4) is 0 Å². The molecule has 2 atom stereocenters. The Kier molecular flexibility index (Phi) is 3.09. The average Bonchev–Trinajstić information content (AvgIpc) is 2.99. The van der Waals surface area contributed by atoms with Crippen LogP contribution in [0, 0.1) is 18.8 Å². The maximum atomic E-state index is 12.1. The predicted octanol–water partition coefficient (Wildman–Crippen LogP) is 2.45. The number of rotatable bonds is 3. The van der Waals surface area contributed by atoms with Crippen molar-refractivity contribution in [2.75, 3.05) is 0 Å². The second-order valence-corrected chi connectivity index (χ2v) is 7.25. The van der Waals surface area contributed by atoms with E-state index in [2.05, 4.69) is 9.93 Å². The second-order valence-electron chi connectivity index (χ2n) is 5.59. The van der Waals surface area contributed by atoms with Gasteiger partial charge in [0.05, 0.1) is 4.90 Å². The van der Waals surface area contributed by atoms with Gasteiger partial charge in [0.1, 0.15) is 0 Å². The van der Waals surface area contributed by atoms with Crippen molar-refractivity contribution >= 4 is 15.7 Å². The predicted molar refractivity (Wildman–Crippen MR) is 74.4 cm³/mol. The molecule has 2 unspecified atom stereocenters. The van der Waals surface area contributed by atoms with Gasteiger partial charge in [0.15, 0.2) is 0 Å². The Bertz CT molecular complexity index is 605. The molecule has 19 heavy (non-hydrogen) atoms. The summed E-state index contributed by atoms with van der Waals surface area (Å²) in [6.07, 6.45) is 4.58. The molecule has 0 radical (unpaired) electrons. The van der Waals surface area contributed by atoms with Crippen LogP contribution in [0.15, 0.2) is 34.3 Å². The van der Waals surface area contributed by atoms with Crippen molar-refractivity contribution in [3.05, 3.63) is 29.8 Å². The first-order chi connectivity index (χ1) is 9.04. The molecule has 2 bridgehead atoms. The van der Waals surface area contributed by atoms with Crippen LogP contribution in [-0.4, -0.2) is 14.1 Å². The van der Waals surface area contributed by atoms with E-state index in [9.17, 15) is 8.42 Å². The van der Waals surface area contributed by atoms with Crippen LogP contribution in [-0.2, 0) is 10.0 Å². The molecule has 1 aromatic carbocycles. The smallest absolute Gasteiger partial charge is 0.200 e. The van der Waals surface area contributed by atoms with E-state index < -0.39 is 10.0 Å². The van der Waals surface area contributed by atoms with Crippen molar-refractivity contribution in [1.82, 2.24) is 4.83 Å². The molecule has 0 spiro atoms. The minimum atomic E-state index is -3.52. The minimum absolute atomic E-state index is 0.269. The third-order valence-electron chi connectivity index (χ3n) is 4.15. The molecule has 1 aromatic rings. The molecule has 1 N–H and O–H groups in total. The lowest BCUT2D eigenvalue weighted by Gasteiger charge is -2.12. The van der Waals surface area contributed by atoms with Gasteiger partial charge in [0.2, 0.25) is 0 Å². The van der Waals surface area contributed by atoms with Crippen molar-refractivity contribution in [3.63, 3.8) is 0 Å². The zero-order valence-electron chi connectivity index (χ0n) is 11.0. The molecule has 2 saturated carbocycles. The molecule has 0 amide bonds. The van der Waals surface area contributed by atoms with E-state index in [0.29, 0.717) is 5.92 Å². The number of nitrogens with zero attached hydrogens (tertiary/aromatic N) is 1. The molecule has 0 heterocycles. The van der Waals surface area contributed by atoms with Gasteiger partial charge in [-0.15, -0.1) is 0 Å². The standard InChI is InChI=1S/C14H18N2O2S/c1-10-2-6-13(7-3-10)19(17,18)16-15-14-9-11-4-5-12(14)8-11/h2-3,6-7,11-12,16H,4-5,8-9H2,1H3/b15-14-. The van der Waals surface area contributed by atoms with E-state index in [1.807, 2.05) is 6.92 Å². The quantitative estimate of drug-likeness (QED) is 0.863. The lowest BCUT2D eigenvalue weighted by atomic mass is 9.99. The van der Waals surface area contributed by atoms with Crippen molar-refractivity contribution in [2.45, 2.75) is 37.5 Å². The van der Waals surface area contributed by atoms with Crippen LogP contribution >= 0.6 is 0 Å². The number of fused-ring (bicyclic) bond motifs is 2. The number of benzene rings is 1. The van der Waals surface area contributed by atoms with Gasteiger partial charge < -0.3 is 0 Å². The third kappa shape index (κ3) is 2.52. The van der Waals surface area contributed by atoms with Gasteiger partial charge in [0, 0.05) is 5.71 Å². The first kappa shape index (κ1) is 12.7. The Morgan fingerprint density at radius 3 is 2.53 bits per heavy atom. The van der Waals surface area contributed by atoms with E-state index in [4.69, 9.17) is 0 Å². The van der Waals surface area contributed by atoms with E-state index >= 15 is 0 Å². The summed E-state index contributed by atoms with van der Waals surface area (Å²) >= 11 is 0. The maximum absolute atomic E-state index is 12.1. The summed E-state index contributed by atoms with van der Waals surface area (Å²) in [4.78, 5) is 2.65. The molecule has 102 valence electrons. The molecule has 2 aliphatic rings. The molecule has 4 nitrogen and oxygen atoms in total. The molecule has 3 rings (SSSR count). The number of hydrogen-bond acceptors (Lipinski definition) is 3. The van der Waals surface area contributed by atoms with Crippen LogP contribution in [0.5, 0.6) is 0 Å². The molecule has 0 aromatic heterocycles. The van der Waals surface area contributed by atoms with Gasteiger partial charge in [-0.3, -0.25) is 0 Å². The summed E-state index contributed by atoms with van der Waals surface area (Å²) in [7, 11) is -3.52. The summed E-state index contributed by atoms with van der Waals surface area (Å²) < 4.78 is 24.2. The molecule has 0 aliphatic heterocycles. The van der Waals surface area contributed by atoms with Gasteiger partial charge in [-0.05, 0) is 56.6 Å². The van der Waals surface area contributed by atoms with E-state index in [-0.39, 0.29) is 4.90 Å². The third-order valence-corrected chi connectivity index (χ3v) is 5.38. The highest BCUT2D eigenvalue weighted by Crippen LogP contribution is 2.42. The van der Waals surface area contributed by atoms with Crippen LogP contribution in [0.1, 0.15) is 31.2 Å². The number of sulfonamides is 1. The fourth-order valence-electron chi connectivity index (χ4n) is 3.05. The van der Waals surface area contributed by atoms with Crippen LogP contribution in [0.3, 0.4) is 0 Å². The SMILES string of the molecule is Cc1ccc(S(=O)(=O)N/N=C2/CC3CCC2C3)cc1. The number of hydrazone groups is 1. The first-order valence-electron chi connectivity index (χ1n) is 6.69. The first-order valence-corrected chi connectivity index (χ1v) is 8.18. The van der Waals surface area contributed by atoms with Crippen molar-refractivity contribution < 1.29 is 8.42 Å². The summed E-state index contributed by atoms with van der Waals surface area (Å²) in [6, 6.07) is 6.80. The van der Waals surface area contributed by atoms with Gasteiger partial charge in [0.25, 0.3) is 10.0 Å². The Morgan fingerprint density at radius 2 is 1.95 bits per heavy atom. The Labute approximate surface area is 114 Å². The van der Waals surface area contributed by atoms with Crippen molar-refractivity contribution in [1.29, 1.82) is 0 Å². The lowest BCUT2D eigenvalue weighted by Crippen LogP contribution is -2.22. The number of nitrogens with one attached hydrogen (secondary N) is 1. The molecule has 2 aliphatic carbocycles. The minimum Gasteiger partial charge on any atom is -0.200 e. The van der Waals surface area contributed by atoms with Crippen LogP contribution in [0.25, 0.3) is 0 Å². The molecular weight excluding hydrogens is 260 g/mol. The van der Waals surface area contributed by atoms with Gasteiger partial charge in [-0.25, -0.2) is 4.83 Å². The highest BCUT2D eigenvalue weighted by Gasteiger charge is 2.36. The largest absolute Gasteiger partial charge is 0.276 e. The molecule has 0 saturated heterocycles. The normalized spacial score (nSPS) is 27.9. The second kappa shape index (κ2) is 4.63. The summed E-state index contributed by atoms with van der Waals surface area (Å²) in [6.45, 7) is 1.93. The Morgan fingerprint density at radius 1 is 1.21 bits per heavy atom. The summed E-state index contributed by atoms with van der Waals surface area (Å²) in [5, 5.41) is 4.16. The van der Waals surface area contributed by atoms with E-state index in [1.54, 1.807) is 24.3 Å². The van der Waals surface area contributed by atoms with Crippen LogP contribution < -0.4 is 4.83 Å². The fourth-order valence-corrected chi connectivity index (χ4v) is 3.89. The number of aryl methyl sites for hydroxylation is 1. The van der Waals surface area contributed by atoms with E-state index in [1.165, 1.54) is 12.8 Å². The molecule has 2 fully saturated rings. The van der Waals surface area contributed by atoms with E-state index in [0.717, 1.165) is 30.0 Å². The van der Waals surface area contributed by atoms with Gasteiger partial charge in [-0.1, -0.05) is 17.7 Å². The summed E-state index contributed by atoms with van der Waals surface area (Å²) in [5.41, 5.74) is 2.07. The monoisotopic (exact) mass is 278 g/mol. The van der Waals surface area contributed by atoms with Crippen molar-refractivity contribution in [2.24, 2.45) is 16.9 Å². The van der Waals surface area contributed by atoms with Gasteiger partial charge >= 0.3 is 0 Å². The molecular formula is C14H18N2O2S. The van der Waals surface area contributed by atoms with Crippen LogP contribution in [0.4, 0.5) is 0 Å². The fraction of sp³-hybridized carbons (Fsp3) is 0.500. The zero-order chi connectivity index (χ0) is 13.5. The maximum Gasteiger partial charge on any atom is 0.276 e. The zero-order valence-corrected chi connectivity index (χ0v) is 11.8. The highest BCUT2D eigenvalue weighted by atomic mass is 32.2. The molecule has 5 heteroatoms. The topological polar surface area (TPSA) is 58.5 Å². The van der Waals surface area contributed by atoms with Crippen LogP contribution in [0.2, 0.25) is 0 Å². The van der Waals surface area contributed by atoms with Gasteiger partial charge in [-0.2, -0.15) is 13.5 Å². The Balaban J connectivity index is 1.75. The average molecular weight is 278 g/mol. The Hall–Kier alpha value is -1.36. The lowest BCUT2D eigenvalue weighted by molar-refractivity contribution is 0.579. The number of hydrogen-bond donors (Lipinski definition) is 1.